The normalized spacial score (nSPS) is 10.6. The van der Waals surface area contributed by atoms with E-state index in [1.165, 1.54) is 0 Å². The standard InChI is InChI=1S/C18H14BrClN2OS2/c19-13-4-2-6-15(8-13)21-17(23)9-16-11-25-18(22-16)24-10-12-3-1-5-14(20)7-12/h1-8,11H,9-10H2,(H,21,23). The summed E-state index contributed by atoms with van der Waals surface area (Å²) in [5.74, 6) is 0.729. The van der Waals surface area contributed by atoms with Crippen molar-refractivity contribution in [2.24, 2.45) is 0 Å². The summed E-state index contributed by atoms with van der Waals surface area (Å²) in [6.45, 7) is 0. The lowest BCUT2D eigenvalue weighted by molar-refractivity contribution is -0.115. The molecule has 0 radical (unpaired) electrons. The predicted molar refractivity (Wildman–Crippen MR) is 110 cm³/mol. The second-order valence-corrected chi connectivity index (χ2v) is 8.69. The number of nitrogens with zero attached hydrogens (tertiary/aromatic N) is 1. The van der Waals surface area contributed by atoms with Crippen molar-refractivity contribution in [1.29, 1.82) is 0 Å². The number of aromatic nitrogens is 1. The van der Waals surface area contributed by atoms with Gasteiger partial charge in [-0.05, 0) is 35.9 Å². The van der Waals surface area contributed by atoms with Gasteiger partial charge in [-0.25, -0.2) is 4.98 Å². The molecule has 3 nitrogen and oxygen atoms in total. The van der Waals surface area contributed by atoms with Crippen molar-refractivity contribution in [2.45, 2.75) is 16.5 Å². The molecule has 0 bridgehead atoms. The number of halogens is 2. The lowest BCUT2D eigenvalue weighted by Gasteiger charge is -2.04. The first-order valence-corrected chi connectivity index (χ1v) is 10.5. The number of hydrogen-bond donors (Lipinski definition) is 1. The first kappa shape index (κ1) is 18.5. The third-order valence-electron chi connectivity index (χ3n) is 3.23. The van der Waals surface area contributed by atoms with E-state index in [-0.39, 0.29) is 12.3 Å². The highest BCUT2D eigenvalue weighted by molar-refractivity contribution is 9.10. The van der Waals surface area contributed by atoms with Crippen LogP contribution in [0, 0.1) is 0 Å². The summed E-state index contributed by atoms with van der Waals surface area (Å²) < 4.78 is 1.88. The average Bonchev–Trinajstić information content (AvgIpc) is 3.00. The fourth-order valence-electron chi connectivity index (χ4n) is 2.14. The molecule has 0 saturated carbocycles. The highest BCUT2D eigenvalue weighted by Gasteiger charge is 2.09. The quantitative estimate of drug-likeness (QED) is 0.463. The van der Waals surface area contributed by atoms with E-state index in [0.717, 1.165) is 36.5 Å². The Bertz CT molecular complexity index is 885. The van der Waals surface area contributed by atoms with Crippen molar-refractivity contribution < 1.29 is 4.79 Å². The molecule has 0 aliphatic carbocycles. The van der Waals surface area contributed by atoms with E-state index in [0.29, 0.717) is 0 Å². The molecule has 0 spiro atoms. The maximum Gasteiger partial charge on any atom is 0.230 e. The molecule has 7 heteroatoms. The fourth-order valence-corrected chi connectivity index (χ4v) is 4.54. The summed E-state index contributed by atoms with van der Waals surface area (Å²) in [5.41, 5.74) is 2.71. The molecule has 0 unspecified atom stereocenters. The molecule has 0 fully saturated rings. The number of amides is 1. The highest BCUT2D eigenvalue weighted by Crippen LogP contribution is 2.27. The first-order valence-electron chi connectivity index (χ1n) is 7.45. The van der Waals surface area contributed by atoms with Crippen LogP contribution in [0.3, 0.4) is 0 Å². The van der Waals surface area contributed by atoms with E-state index in [4.69, 9.17) is 11.6 Å². The van der Waals surface area contributed by atoms with Gasteiger partial charge in [-0.2, -0.15) is 0 Å². The van der Waals surface area contributed by atoms with Gasteiger partial charge in [0.2, 0.25) is 5.91 Å². The molecule has 0 aliphatic rings. The SMILES string of the molecule is O=C(Cc1csc(SCc2cccc(Cl)c2)n1)Nc1cccc(Br)c1. The molecule has 2 aromatic carbocycles. The average molecular weight is 454 g/mol. The molecule has 3 aromatic rings. The van der Waals surface area contributed by atoms with Crippen LogP contribution < -0.4 is 5.32 Å². The number of anilines is 1. The molecule has 128 valence electrons. The second-order valence-electron chi connectivity index (χ2n) is 5.26. The van der Waals surface area contributed by atoms with Gasteiger partial charge in [-0.15, -0.1) is 11.3 Å². The van der Waals surface area contributed by atoms with Crippen LogP contribution in [0.2, 0.25) is 5.02 Å². The largest absolute Gasteiger partial charge is 0.326 e. The van der Waals surface area contributed by atoms with Crippen LogP contribution in [-0.4, -0.2) is 10.9 Å². The zero-order valence-electron chi connectivity index (χ0n) is 13.0. The lowest BCUT2D eigenvalue weighted by atomic mass is 10.2. The molecule has 0 saturated heterocycles. The molecule has 0 aliphatic heterocycles. The second kappa shape index (κ2) is 8.85. The summed E-state index contributed by atoms with van der Waals surface area (Å²) in [6, 6.07) is 15.3. The zero-order chi connectivity index (χ0) is 17.6. The number of carbonyl (C=O) groups excluding carboxylic acids is 1. The summed E-state index contributed by atoms with van der Waals surface area (Å²) >= 11 is 12.6. The van der Waals surface area contributed by atoms with Gasteiger partial charge in [0.15, 0.2) is 0 Å². The van der Waals surface area contributed by atoms with E-state index >= 15 is 0 Å². The number of benzene rings is 2. The van der Waals surface area contributed by atoms with Crippen molar-refractivity contribution in [2.75, 3.05) is 5.32 Å². The highest BCUT2D eigenvalue weighted by atomic mass is 79.9. The van der Waals surface area contributed by atoms with Crippen molar-refractivity contribution in [3.05, 3.63) is 74.7 Å². The van der Waals surface area contributed by atoms with Crippen LogP contribution in [0.4, 0.5) is 5.69 Å². The Kier molecular flexibility index (Phi) is 6.53. The van der Waals surface area contributed by atoms with Crippen LogP contribution in [-0.2, 0) is 17.0 Å². The molecule has 1 aromatic heterocycles. The number of thioether (sulfide) groups is 1. The summed E-state index contributed by atoms with van der Waals surface area (Å²) in [7, 11) is 0. The monoisotopic (exact) mass is 452 g/mol. The van der Waals surface area contributed by atoms with Gasteiger partial charge < -0.3 is 5.32 Å². The zero-order valence-corrected chi connectivity index (χ0v) is 17.0. The lowest BCUT2D eigenvalue weighted by Crippen LogP contribution is -2.14. The molecule has 0 atom stereocenters. The van der Waals surface area contributed by atoms with E-state index in [9.17, 15) is 4.79 Å². The van der Waals surface area contributed by atoms with Gasteiger partial charge in [-0.1, -0.05) is 57.5 Å². The Hall–Kier alpha value is -1.34. The van der Waals surface area contributed by atoms with Crippen molar-refractivity contribution in [3.8, 4) is 0 Å². The van der Waals surface area contributed by atoms with Crippen LogP contribution in [0.5, 0.6) is 0 Å². The number of carbonyl (C=O) groups is 1. The van der Waals surface area contributed by atoms with E-state index in [2.05, 4.69) is 26.2 Å². The number of nitrogens with one attached hydrogen (secondary N) is 1. The Balaban J connectivity index is 1.53. The maximum atomic E-state index is 12.1. The van der Waals surface area contributed by atoms with Crippen LogP contribution in [0.25, 0.3) is 0 Å². The van der Waals surface area contributed by atoms with Crippen LogP contribution >= 0.6 is 50.6 Å². The van der Waals surface area contributed by atoms with Crippen LogP contribution in [0.15, 0.2) is 62.7 Å². The van der Waals surface area contributed by atoms with Gasteiger partial charge in [0.05, 0.1) is 12.1 Å². The van der Waals surface area contributed by atoms with Gasteiger partial charge in [0.1, 0.15) is 4.34 Å². The van der Waals surface area contributed by atoms with E-state index in [1.807, 2.05) is 53.9 Å². The Morgan fingerprint density at radius 2 is 2.08 bits per heavy atom. The Morgan fingerprint density at radius 3 is 2.88 bits per heavy atom. The number of hydrogen-bond acceptors (Lipinski definition) is 4. The Labute approximate surface area is 168 Å². The molecule has 1 N–H and O–H groups in total. The van der Waals surface area contributed by atoms with Gasteiger partial charge in [0.25, 0.3) is 0 Å². The molecular weight excluding hydrogens is 440 g/mol. The molecule has 1 amide bonds. The number of thiazole rings is 1. The summed E-state index contributed by atoms with van der Waals surface area (Å²) in [5, 5.41) is 5.55. The van der Waals surface area contributed by atoms with Gasteiger partial charge in [-0.3, -0.25) is 4.79 Å². The molecule has 1 heterocycles. The van der Waals surface area contributed by atoms with Gasteiger partial charge >= 0.3 is 0 Å². The first-order chi connectivity index (χ1) is 12.1. The van der Waals surface area contributed by atoms with E-state index in [1.54, 1.807) is 23.1 Å². The minimum Gasteiger partial charge on any atom is -0.326 e. The minimum absolute atomic E-state index is 0.0743. The predicted octanol–water partition coefficient (Wildman–Crippen LogP) is 6.03. The van der Waals surface area contributed by atoms with Crippen molar-refractivity contribution >= 4 is 62.2 Å². The molecular formula is C18H14BrClN2OS2. The summed E-state index contributed by atoms with van der Waals surface area (Å²) in [4.78, 5) is 16.7. The smallest absolute Gasteiger partial charge is 0.230 e. The fraction of sp³-hybridized carbons (Fsp3) is 0.111. The van der Waals surface area contributed by atoms with Crippen molar-refractivity contribution in [3.63, 3.8) is 0 Å². The van der Waals surface area contributed by atoms with Crippen LogP contribution in [0.1, 0.15) is 11.3 Å². The maximum absolute atomic E-state index is 12.1. The van der Waals surface area contributed by atoms with Crippen molar-refractivity contribution in [1.82, 2.24) is 4.98 Å². The third-order valence-corrected chi connectivity index (χ3v) is 6.10. The topological polar surface area (TPSA) is 42.0 Å². The Morgan fingerprint density at radius 1 is 1.24 bits per heavy atom. The molecule has 3 rings (SSSR count). The van der Waals surface area contributed by atoms with Gasteiger partial charge in [0, 0.05) is 26.3 Å². The third kappa shape index (κ3) is 5.85. The summed E-state index contributed by atoms with van der Waals surface area (Å²) in [6.07, 6.45) is 0.265. The van der Waals surface area contributed by atoms with E-state index < -0.39 is 0 Å². The minimum atomic E-state index is -0.0743. The number of rotatable bonds is 6. The molecule has 25 heavy (non-hydrogen) atoms.